The number of aromatic nitrogens is 2. The summed E-state index contributed by atoms with van der Waals surface area (Å²) < 4.78 is 28.6. The van der Waals surface area contributed by atoms with Crippen LogP contribution in [0.2, 0.25) is 25.7 Å². The lowest BCUT2D eigenvalue weighted by Crippen LogP contribution is -2.22. The van der Waals surface area contributed by atoms with E-state index < -0.39 is 8.07 Å². The van der Waals surface area contributed by atoms with Gasteiger partial charge in [0.2, 0.25) is 0 Å². The van der Waals surface area contributed by atoms with Gasteiger partial charge in [-0.25, -0.2) is 9.07 Å². The van der Waals surface area contributed by atoms with Crippen molar-refractivity contribution in [3.8, 4) is 5.75 Å². The van der Waals surface area contributed by atoms with Crippen LogP contribution in [0.15, 0.2) is 42.6 Å². The first-order valence-electron chi connectivity index (χ1n) is 8.93. The van der Waals surface area contributed by atoms with Gasteiger partial charge in [-0.2, -0.15) is 5.10 Å². The summed E-state index contributed by atoms with van der Waals surface area (Å²) >= 11 is 2.13. The Kier molecular flexibility index (Phi) is 6.54. The lowest BCUT2D eigenvalue weighted by molar-refractivity contribution is 0.0816. The van der Waals surface area contributed by atoms with Crippen LogP contribution >= 0.6 is 22.6 Å². The van der Waals surface area contributed by atoms with Crippen molar-refractivity contribution in [2.45, 2.75) is 39.0 Å². The number of halogens is 2. The Morgan fingerprint density at radius 3 is 2.63 bits per heavy atom. The maximum atomic E-state index is 14.5. The zero-order chi connectivity index (χ0) is 19.4. The first kappa shape index (κ1) is 20.3. The highest BCUT2D eigenvalue weighted by atomic mass is 127. The van der Waals surface area contributed by atoms with Crippen molar-refractivity contribution in [1.29, 1.82) is 0 Å². The molecule has 7 heteroatoms. The predicted octanol–water partition coefficient (Wildman–Crippen LogP) is 5.67. The number of hydrogen-bond acceptors (Lipinski definition) is 3. The minimum atomic E-state index is -1.13. The Labute approximate surface area is 173 Å². The minimum Gasteiger partial charge on any atom is -0.485 e. The molecule has 3 aromatic rings. The van der Waals surface area contributed by atoms with Crippen LogP contribution in [0, 0.1) is 9.39 Å². The zero-order valence-electron chi connectivity index (χ0n) is 15.8. The summed E-state index contributed by atoms with van der Waals surface area (Å²) in [6, 6.07) is 12.3. The van der Waals surface area contributed by atoms with Crippen molar-refractivity contribution >= 4 is 41.6 Å². The fraction of sp³-hybridized carbons (Fsp3) is 0.350. The molecule has 2 aromatic carbocycles. The number of benzene rings is 2. The molecular formula is C20H24FIN2O2Si. The highest BCUT2D eigenvalue weighted by Gasteiger charge is 2.18. The van der Waals surface area contributed by atoms with Gasteiger partial charge in [0.25, 0.3) is 0 Å². The second-order valence-electron chi connectivity index (χ2n) is 7.71. The van der Waals surface area contributed by atoms with Gasteiger partial charge in [-0.3, -0.25) is 0 Å². The predicted molar refractivity (Wildman–Crippen MR) is 117 cm³/mol. The summed E-state index contributed by atoms with van der Waals surface area (Å²) in [5.74, 6) is -0.113. The standard InChI is InChI=1S/C20H24FIN2O2Si/c1-27(2,3)10-9-25-14-24-19-16(12-23-24)11-17(21)20(18(19)22)26-13-15-7-5-4-6-8-15/h4-8,11-12H,9-10,13-14H2,1-3H3. The molecule has 0 unspecified atom stereocenters. The number of fused-ring (bicyclic) bond motifs is 1. The van der Waals surface area contributed by atoms with Gasteiger partial charge >= 0.3 is 0 Å². The molecule has 0 fully saturated rings. The van der Waals surface area contributed by atoms with E-state index in [1.54, 1.807) is 10.9 Å². The molecule has 0 aliphatic rings. The third kappa shape index (κ3) is 5.29. The molecule has 0 amide bonds. The van der Waals surface area contributed by atoms with E-state index in [-0.39, 0.29) is 11.6 Å². The summed E-state index contributed by atoms with van der Waals surface area (Å²) in [5.41, 5.74) is 1.84. The third-order valence-corrected chi connectivity index (χ3v) is 6.92. The van der Waals surface area contributed by atoms with Crippen molar-refractivity contribution < 1.29 is 13.9 Å². The van der Waals surface area contributed by atoms with Crippen molar-refractivity contribution in [1.82, 2.24) is 9.78 Å². The monoisotopic (exact) mass is 498 g/mol. The average molecular weight is 498 g/mol. The molecule has 0 bridgehead atoms. The zero-order valence-corrected chi connectivity index (χ0v) is 19.0. The first-order valence-corrected chi connectivity index (χ1v) is 13.7. The normalized spacial score (nSPS) is 11.9. The van der Waals surface area contributed by atoms with Gasteiger partial charge in [0, 0.05) is 20.1 Å². The molecule has 144 valence electrons. The van der Waals surface area contributed by atoms with Crippen molar-refractivity contribution in [2.24, 2.45) is 0 Å². The molecule has 0 N–H and O–H groups in total. The van der Waals surface area contributed by atoms with Crippen LogP contribution in [0.3, 0.4) is 0 Å². The van der Waals surface area contributed by atoms with Crippen LogP contribution < -0.4 is 4.74 Å². The van der Waals surface area contributed by atoms with E-state index >= 15 is 0 Å². The van der Waals surface area contributed by atoms with E-state index in [1.165, 1.54) is 6.07 Å². The number of hydrogen-bond donors (Lipinski definition) is 0. The van der Waals surface area contributed by atoms with Gasteiger partial charge in [0.15, 0.2) is 11.6 Å². The second-order valence-corrected chi connectivity index (χ2v) is 14.4. The number of rotatable bonds is 8. The average Bonchev–Trinajstić information content (AvgIpc) is 3.01. The lowest BCUT2D eigenvalue weighted by atomic mass is 10.2. The molecule has 0 saturated carbocycles. The number of ether oxygens (including phenoxy) is 2. The van der Waals surface area contributed by atoms with Gasteiger partial charge < -0.3 is 9.47 Å². The smallest absolute Gasteiger partial charge is 0.170 e. The van der Waals surface area contributed by atoms with Crippen molar-refractivity contribution in [3.63, 3.8) is 0 Å². The quantitative estimate of drug-likeness (QED) is 0.228. The SMILES string of the molecule is C[Si](C)(C)CCOCn1ncc2cc(F)c(OCc3ccccc3)c(I)c21. The van der Waals surface area contributed by atoms with Crippen LogP contribution in [-0.2, 0) is 18.1 Å². The van der Waals surface area contributed by atoms with Crippen LogP contribution in [0.25, 0.3) is 10.9 Å². The fourth-order valence-corrected chi connectivity index (χ4v) is 4.41. The highest BCUT2D eigenvalue weighted by molar-refractivity contribution is 14.1. The van der Waals surface area contributed by atoms with Gasteiger partial charge in [-0.1, -0.05) is 50.0 Å². The molecule has 4 nitrogen and oxygen atoms in total. The summed E-state index contributed by atoms with van der Waals surface area (Å²) in [6.07, 6.45) is 1.67. The number of nitrogens with zero attached hydrogens (tertiary/aromatic N) is 2. The van der Waals surface area contributed by atoms with Crippen LogP contribution in [-0.4, -0.2) is 24.5 Å². The van der Waals surface area contributed by atoms with E-state index in [2.05, 4.69) is 47.3 Å². The van der Waals surface area contributed by atoms with Crippen LogP contribution in [0.4, 0.5) is 4.39 Å². The van der Waals surface area contributed by atoms with Crippen molar-refractivity contribution in [2.75, 3.05) is 6.61 Å². The Hall–Kier alpha value is -1.45. The molecule has 3 rings (SSSR count). The highest BCUT2D eigenvalue weighted by Crippen LogP contribution is 2.33. The Morgan fingerprint density at radius 1 is 1.19 bits per heavy atom. The van der Waals surface area contributed by atoms with Crippen LogP contribution in [0.1, 0.15) is 5.56 Å². The molecule has 0 radical (unpaired) electrons. The largest absolute Gasteiger partial charge is 0.485 e. The Morgan fingerprint density at radius 2 is 1.93 bits per heavy atom. The van der Waals surface area contributed by atoms with E-state index in [4.69, 9.17) is 9.47 Å². The van der Waals surface area contributed by atoms with E-state index in [0.29, 0.717) is 23.5 Å². The van der Waals surface area contributed by atoms with E-state index in [9.17, 15) is 4.39 Å². The lowest BCUT2D eigenvalue weighted by Gasteiger charge is -2.16. The minimum absolute atomic E-state index is 0.260. The molecule has 0 atom stereocenters. The molecule has 0 aliphatic carbocycles. The topological polar surface area (TPSA) is 36.3 Å². The van der Waals surface area contributed by atoms with Gasteiger partial charge in [-0.15, -0.1) is 0 Å². The third-order valence-electron chi connectivity index (χ3n) is 4.21. The van der Waals surface area contributed by atoms with Gasteiger partial charge in [0.1, 0.15) is 13.3 Å². The second kappa shape index (κ2) is 8.70. The molecule has 0 spiro atoms. The maximum absolute atomic E-state index is 14.5. The molecule has 1 heterocycles. The van der Waals surface area contributed by atoms with Crippen molar-refractivity contribution in [3.05, 3.63) is 57.5 Å². The summed E-state index contributed by atoms with van der Waals surface area (Å²) in [6.45, 7) is 8.35. The fourth-order valence-electron chi connectivity index (χ4n) is 2.65. The molecule has 0 saturated heterocycles. The summed E-state index contributed by atoms with van der Waals surface area (Å²) in [4.78, 5) is 0. The molecule has 0 aliphatic heterocycles. The molecular weight excluding hydrogens is 474 g/mol. The van der Waals surface area contributed by atoms with Crippen LogP contribution in [0.5, 0.6) is 5.75 Å². The Balaban J connectivity index is 1.77. The first-order chi connectivity index (χ1) is 12.8. The summed E-state index contributed by atoms with van der Waals surface area (Å²) in [7, 11) is -1.13. The van der Waals surface area contributed by atoms with E-state index in [0.717, 1.165) is 22.5 Å². The Bertz CT molecular complexity index is 910. The molecule has 27 heavy (non-hydrogen) atoms. The van der Waals surface area contributed by atoms with Gasteiger partial charge in [-0.05, 0) is 40.3 Å². The maximum Gasteiger partial charge on any atom is 0.170 e. The molecule has 1 aromatic heterocycles. The summed E-state index contributed by atoms with van der Waals surface area (Å²) in [5, 5.41) is 5.11. The van der Waals surface area contributed by atoms with Gasteiger partial charge in [0.05, 0.1) is 15.3 Å². The van der Waals surface area contributed by atoms with E-state index in [1.807, 2.05) is 30.3 Å².